The second-order valence-corrected chi connectivity index (χ2v) is 6.07. The Labute approximate surface area is 141 Å². The zero-order valence-corrected chi connectivity index (χ0v) is 13.4. The fraction of sp³-hybridized carbons (Fsp3) is 0.118. The molecule has 0 spiro atoms. The molecule has 1 aromatic carbocycles. The minimum atomic E-state index is -0.466. The molecule has 0 bridgehead atoms. The third kappa shape index (κ3) is 3.88. The number of thiophene rings is 1. The second-order valence-electron chi connectivity index (χ2n) is 5.12. The van der Waals surface area contributed by atoms with Crippen LogP contribution < -0.4 is 5.32 Å². The van der Waals surface area contributed by atoms with Gasteiger partial charge in [-0.2, -0.15) is 0 Å². The molecule has 1 amide bonds. The summed E-state index contributed by atoms with van der Waals surface area (Å²) < 4.78 is 5.69. The Kier molecular flexibility index (Phi) is 4.72. The predicted octanol–water partition coefficient (Wildman–Crippen LogP) is 3.78. The molecule has 7 heteroatoms. The van der Waals surface area contributed by atoms with Gasteiger partial charge in [-0.15, -0.1) is 11.3 Å². The van der Waals surface area contributed by atoms with Gasteiger partial charge in [0.25, 0.3) is 5.69 Å². The van der Waals surface area contributed by atoms with Gasteiger partial charge in [0, 0.05) is 12.1 Å². The molecule has 0 aliphatic rings. The summed E-state index contributed by atoms with van der Waals surface area (Å²) in [4.78, 5) is 23.1. The molecule has 2 heterocycles. The van der Waals surface area contributed by atoms with Gasteiger partial charge in [-0.05, 0) is 29.1 Å². The monoisotopic (exact) mass is 342 g/mol. The number of carbonyl (C=O) groups excluding carboxylic acids is 1. The third-order valence-electron chi connectivity index (χ3n) is 3.40. The number of nitrogens with zero attached hydrogens (tertiary/aromatic N) is 1. The summed E-state index contributed by atoms with van der Waals surface area (Å²) in [5.41, 5.74) is 0.729. The number of benzene rings is 1. The van der Waals surface area contributed by atoms with Gasteiger partial charge in [-0.3, -0.25) is 14.9 Å². The van der Waals surface area contributed by atoms with E-state index >= 15 is 0 Å². The lowest BCUT2D eigenvalue weighted by Gasteiger charge is -2.03. The van der Waals surface area contributed by atoms with Crippen molar-refractivity contribution in [3.8, 4) is 10.6 Å². The number of hydrogen-bond acceptors (Lipinski definition) is 5. The van der Waals surface area contributed by atoms with E-state index in [0.29, 0.717) is 12.3 Å². The number of nitro groups is 1. The topological polar surface area (TPSA) is 85.4 Å². The molecule has 2 aromatic heterocycles. The van der Waals surface area contributed by atoms with Crippen LogP contribution in [0.1, 0.15) is 11.3 Å². The second kappa shape index (κ2) is 7.10. The van der Waals surface area contributed by atoms with Crippen LogP contribution in [0, 0.1) is 10.1 Å². The van der Waals surface area contributed by atoms with E-state index in [1.807, 2.05) is 29.6 Å². The van der Waals surface area contributed by atoms with Crippen LogP contribution in [0.4, 0.5) is 5.69 Å². The van der Waals surface area contributed by atoms with E-state index in [4.69, 9.17) is 4.42 Å². The highest BCUT2D eigenvalue weighted by Gasteiger charge is 2.09. The van der Waals surface area contributed by atoms with Gasteiger partial charge in [0.05, 0.1) is 22.8 Å². The van der Waals surface area contributed by atoms with Crippen LogP contribution in [0.5, 0.6) is 0 Å². The van der Waals surface area contributed by atoms with Gasteiger partial charge in [0.15, 0.2) is 0 Å². The first-order valence-electron chi connectivity index (χ1n) is 7.24. The van der Waals surface area contributed by atoms with Gasteiger partial charge in [0.2, 0.25) is 5.91 Å². The fourth-order valence-corrected chi connectivity index (χ4v) is 2.88. The first-order valence-corrected chi connectivity index (χ1v) is 8.12. The van der Waals surface area contributed by atoms with E-state index in [2.05, 4.69) is 5.32 Å². The summed E-state index contributed by atoms with van der Waals surface area (Å²) in [5.74, 6) is 1.29. The average molecular weight is 342 g/mol. The van der Waals surface area contributed by atoms with Crippen LogP contribution >= 0.6 is 11.3 Å². The smallest absolute Gasteiger partial charge is 0.269 e. The Morgan fingerprint density at radius 1 is 1.17 bits per heavy atom. The minimum Gasteiger partial charge on any atom is -0.458 e. The van der Waals surface area contributed by atoms with Crippen molar-refractivity contribution in [2.75, 3.05) is 0 Å². The van der Waals surface area contributed by atoms with Crippen molar-refractivity contribution < 1.29 is 14.1 Å². The normalized spacial score (nSPS) is 10.5. The van der Waals surface area contributed by atoms with Gasteiger partial charge in [-0.25, -0.2) is 0 Å². The van der Waals surface area contributed by atoms with Crippen molar-refractivity contribution in [2.45, 2.75) is 13.0 Å². The predicted molar refractivity (Wildman–Crippen MR) is 90.7 cm³/mol. The molecular weight excluding hydrogens is 328 g/mol. The lowest BCUT2D eigenvalue weighted by molar-refractivity contribution is -0.384. The van der Waals surface area contributed by atoms with Crippen LogP contribution in [-0.4, -0.2) is 10.8 Å². The van der Waals surface area contributed by atoms with Crippen LogP contribution in [0.25, 0.3) is 10.6 Å². The van der Waals surface area contributed by atoms with Crippen LogP contribution in [0.15, 0.2) is 58.3 Å². The number of non-ortho nitro benzene ring substituents is 1. The number of nitro benzene ring substituents is 1. The number of carbonyl (C=O) groups is 1. The van der Waals surface area contributed by atoms with Crippen molar-refractivity contribution in [1.82, 2.24) is 5.32 Å². The van der Waals surface area contributed by atoms with E-state index in [1.54, 1.807) is 23.5 Å². The molecule has 0 radical (unpaired) electrons. The maximum absolute atomic E-state index is 12.0. The minimum absolute atomic E-state index is 0.0100. The van der Waals surface area contributed by atoms with Crippen LogP contribution in [0.3, 0.4) is 0 Å². The quantitative estimate of drug-likeness (QED) is 0.546. The zero-order valence-electron chi connectivity index (χ0n) is 12.6. The maximum Gasteiger partial charge on any atom is 0.269 e. The molecule has 0 saturated heterocycles. The van der Waals surface area contributed by atoms with E-state index in [9.17, 15) is 14.9 Å². The Balaban J connectivity index is 1.53. The van der Waals surface area contributed by atoms with Crippen LogP contribution in [0.2, 0.25) is 0 Å². The number of furan rings is 1. The summed E-state index contributed by atoms with van der Waals surface area (Å²) in [6, 6.07) is 13.6. The molecule has 0 atom stereocenters. The van der Waals surface area contributed by atoms with Crippen LogP contribution in [-0.2, 0) is 17.8 Å². The van der Waals surface area contributed by atoms with E-state index < -0.39 is 4.92 Å². The Morgan fingerprint density at radius 2 is 1.96 bits per heavy atom. The van der Waals surface area contributed by atoms with E-state index in [-0.39, 0.29) is 18.0 Å². The molecule has 3 aromatic rings. The molecule has 0 aliphatic carbocycles. The molecule has 0 aliphatic heterocycles. The van der Waals surface area contributed by atoms with Gasteiger partial charge < -0.3 is 9.73 Å². The summed E-state index contributed by atoms with van der Waals surface area (Å²) in [5, 5.41) is 15.4. The molecule has 3 rings (SSSR count). The third-order valence-corrected chi connectivity index (χ3v) is 4.28. The van der Waals surface area contributed by atoms with E-state index in [1.165, 1.54) is 12.1 Å². The van der Waals surface area contributed by atoms with Crippen molar-refractivity contribution in [3.05, 3.63) is 75.3 Å². The average Bonchev–Trinajstić information content (AvgIpc) is 3.25. The Bertz CT molecular complexity index is 838. The summed E-state index contributed by atoms with van der Waals surface area (Å²) in [7, 11) is 0. The first kappa shape index (κ1) is 15.9. The molecular formula is C17H14N2O4S. The Morgan fingerprint density at radius 3 is 2.62 bits per heavy atom. The zero-order chi connectivity index (χ0) is 16.9. The van der Waals surface area contributed by atoms with Crippen molar-refractivity contribution >= 4 is 22.9 Å². The standard InChI is InChI=1S/C17H14N2O4S/c20-17(10-12-3-5-13(6-4-12)19(21)22)18-11-14-7-8-15(23-14)16-2-1-9-24-16/h1-9H,10-11H2,(H,18,20). The molecule has 0 fully saturated rings. The summed E-state index contributed by atoms with van der Waals surface area (Å²) >= 11 is 1.59. The number of rotatable bonds is 6. The number of hydrogen-bond donors (Lipinski definition) is 1. The molecule has 122 valence electrons. The molecule has 1 N–H and O–H groups in total. The molecule has 24 heavy (non-hydrogen) atoms. The molecule has 6 nitrogen and oxygen atoms in total. The largest absolute Gasteiger partial charge is 0.458 e. The highest BCUT2D eigenvalue weighted by atomic mass is 32.1. The van der Waals surface area contributed by atoms with Crippen molar-refractivity contribution in [3.63, 3.8) is 0 Å². The van der Waals surface area contributed by atoms with E-state index in [0.717, 1.165) is 16.2 Å². The van der Waals surface area contributed by atoms with Crippen molar-refractivity contribution in [2.24, 2.45) is 0 Å². The lowest BCUT2D eigenvalue weighted by atomic mass is 10.1. The number of amides is 1. The summed E-state index contributed by atoms with van der Waals surface area (Å²) in [6.45, 7) is 0.303. The fourth-order valence-electron chi connectivity index (χ4n) is 2.19. The summed E-state index contributed by atoms with van der Waals surface area (Å²) in [6.07, 6.45) is 0.163. The molecule has 0 unspecified atom stereocenters. The highest BCUT2D eigenvalue weighted by molar-refractivity contribution is 7.13. The SMILES string of the molecule is O=C(Cc1ccc([N+](=O)[O-])cc1)NCc1ccc(-c2cccs2)o1. The first-order chi connectivity index (χ1) is 11.6. The molecule has 0 saturated carbocycles. The number of nitrogens with one attached hydrogen (secondary N) is 1. The van der Waals surface area contributed by atoms with Gasteiger partial charge in [0.1, 0.15) is 11.5 Å². The maximum atomic E-state index is 12.0. The van der Waals surface area contributed by atoms with Crippen molar-refractivity contribution in [1.29, 1.82) is 0 Å². The highest BCUT2D eigenvalue weighted by Crippen LogP contribution is 2.26. The lowest BCUT2D eigenvalue weighted by Crippen LogP contribution is -2.24. The van der Waals surface area contributed by atoms with Gasteiger partial charge in [-0.1, -0.05) is 18.2 Å². The Hall–Kier alpha value is -2.93. The van der Waals surface area contributed by atoms with Gasteiger partial charge >= 0.3 is 0 Å².